The minimum absolute atomic E-state index is 0.0349. The predicted octanol–water partition coefficient (Wildman–Crippen LogP) is 2.08. The van der Waals surface area contributed by atoms with Gasteiger partial charge in [0.05, 0.1) is 17.0 Å². The summed E-state index contributed by atoms with van der Waals surface area (Å²) in [7, 11) is 0. The van der Waals surface area contributed by atoms with Crippen LogP contribution < -0.4 is 5.32 Å². The fraction of sp³-hybridized carbons (Fsp3) is 0.231. The van der Waals surface area contributed by atoms with Gasteiger partial charge >= 0.3 is 6.18 Å². The molecular weight excluding hydrogens is 331 g/mol. The number of halogens is 3. The molecule has 0 bridgehead atoms. The molecular formula is C13H12F3N5OS. The highest BCUT2D eigenvalue weighted by molar-refractivity contribution is 7.99. The van der Waals surface area contributed by atoms with Gasteiger partial charge in [0, 0.05) is 6.54 Å². The Morgan fingerprint density at radius 3 is 2.91 bits per heavy atom. The smallest absolute Gasteiger partial charge is 0.352 e. The third-order valence-electron chi connectivity index (χ3n) is 2.63. The van der Waals surface area contributed by atoms with Gasteiger partial charge in [0.2, 0.25) is 11.1 Å². The summed E-state index contributed by atoms with van der Waals surface area (Å²) in [6, 6.07) is 4.63. The van der Waals surface area contributed by atoms with Gasteiger partial charge in [-0.05, 0) is 28.6 Å². The number of hydrogen-bond acceptors (Lipinski definition) is 5. The summed E-state index contributed by atoms with van der Waals surface area (Å²) < 4.78 is 39.4. The summed E-state index contributed by atoms with van der Waals surface area (Å²) in [5.74, 6) is -0.221. The standard InChI is InChI=1S/C13H12F3N5OS/c1-2-6-17-11(22)8-23-12-18-19-20-21(12)10-5-3-4-9(7-10)13(14,15)16/h2-5,7H,1,6,8H2,(H,17,22). The number of amides is 1. The van der Waals surface area contributed by atoms with Gasteiger partial charge in [-0.3, -0.25) is 4.79 Å². The van der Waals surface area contributed by atoms with E-state index < -0.39 is 11.7 Å². The molecule has 2 aromatic rings. The van der Waals surface area contributed by atoms with Crippen LogP contribution in [0.5, 0.6) is 0 Å². The Hall–Kier alpha value is -2.36. The number of thioether (sulfide) groups is 1. The molecule has 6 nitrogen and oxygen atoms in total. The molecule has 0 saturated carbocycles. The molecule has 0 radical (unpaired) electrons. The molecule has 1 N–H and O–H groups in total. The van der Waals surface area contributed by atoms with Gasteiger partial charge in [-0.25, -0.2) is 0 Å². The van der Waals surface area contributed by atoms with E-state index in [9.17, 15) is 18.0 Å². The van der Waals surface area contributed by atoms with Gasteiger partial charge in [-0.1, -0.05) is 23.9 Å². The molecule has 0 fully saturated rings. The molecule has 0 aliphatic rings. The van der Waals surface area contributed by atoms with Crippen LogP contribution >= 0.6 is 11.8 Å². The van der Waals surface area contributed by atoms with Crippen molar-refractivity contribution in [3.05, 3.63) is 42.5 Å². The second-order valence-electron chi connectivity index (χ2n) is 4.30. The SMILES string of the molecule is C=CCNC(=O)CSc1nnnn1-c1cccc(C(F)(F)F)c1. The topological polar surface area (TPSA) is 72.7 Å². The number of rotatable bonds is 6. The van der Waals surface area contributed by atoms with Crippen LogP contribution in [0.2, 0.25) is 0 Å². The summed E-state index contributed by atoms with van der Waals surface area (Å²) in [6.45, 7) is 3.81. The van der Waals surface area contributed by atoms with Crippen LogP contribution in [0.3, 0.4) is 0 Å². The second kappa shape index (κ2) is 7.27. The number of tetrazole rings is 1. The minimum Gasteiger partial charge on any atom is -0.352 e. The van der Waals surface area contributed by atoms with Gasteiger partial charge in [-0.15, -0.1) is 11.7 Å². The molecule has 1 amide bonds. The lowest BCUT2D eigenvalue weighted by Gasteiger charge is -2.09. The lowest BCUT2D eigenvalue weighted by atomic mass is 10.2. The first-order valence-corrected chi connectivity index (χ1v) is 7.37. The highest BCUT2D eigenvalue weighted by Crippen LogP contribution is 2.30. The van der Waals surface area contributed by atoms with E-state index in [0.717, 1.165) is 28.6 Å². The first kappa shape index (κ1) is 17.0. The van der Waals surface area contributed by atoms with E-state index in [1.807, 2.05) is 0 Å². The monoisotopic (exact) mass is 343 g/mol. The third kappa shape index (κ3) is 4.55. The summed E-state index contributed by atoms with van der Waals surface area (Å²) >= 11 is 1.02. The van der Waals surface area contributed by atoms with E-state index in [1.54, 1.807) is 0 Å². The maximum Gasteiger partial charge on any atom is 0.416 e. The van der Waals surface area contributed by atoms with E-state index in [0.29, 0.717) is 6.54 Å². The molecule has 0 aliphatic carbocycles. The summed E-state index contributed by atoms with van der Waals surface area (Å²) in [5.41, 5.74) is -0.635. The van der Waals surface area contributed by atoms with Crippen LogP contribution in [-0.4, -0.2) is 38.4 Å². The van der Waals surface area contributed by atoms with E-state index in [4.69, 9.17) is 0 Å². The lowest BCUT2D eigenvalue weighted by molar-refractivity contribution is -0.137. The van der Waals surface area contributed by atoms with Gasteiger partial charge in [0.1, 0.15) is 0 Å². The average Bonchev–Trinajstić information content (AvgIpc) is 2.98. The normalized spacial score (nSPS) is 11.3. The van der Waals surface area contributed by atoms with Crippen molar-refractivity contribution in [1.82, 2.24) is 25.5 Å². The number of carbonyl (C=O) groups excluding carboxylic acids is 1. The Balaban J connectivity index is 2.15. The van der Waals surface area contributed by atoms with Crippen LogP contribution in [0.1, 0.15) is 5.56 Å². The van der Waals surface area contributed by atoms with Crippen LogP contribution in [0.15, 0.2) is 42.1 Å². The second-order valence-corrected chi connectivity index (χ2v) is 5.25. The number of alkyl halides is 3. The highest BCUT2D eigenvalue weighted by Gasteiger charge is 2.30. The Labute approximate surface area is 133 Å². The largest absolute Gasteiger partial charge is 0.416 e. The van der Waals surface area contributed by atoms with Crippen LogP contribution in [0.4, 0.5) is 13.2 Å². The maximum absolute atomic E-state index is 12.8. The highest BCUT2D eigenvalue weighted by atomic mass is 32.2. The van der Waals surface area contributed by atoms with Crippen molar-refractivity contribution in [2.75, 3.05) is 12.3 Å². The molecule has 0 unspecified atom stereocenters. The van der Waals surface area contributed by atoms with Crippen LogP contribution in [-0.2, 0) is 11.0 Å². The Morgan fingerprint density at radius 1 is 1.43 bits per heavy atom. The third-order valence-corrected chi connectivity index (χ3v) is 3.55. The first-order chi connectivity index (χ1) is 10.9. The molecule has 122 valence electrons. The fourth-order valence-corrected chi connectivity index (χ4v) is 2.33. The Kier molecular flexibility index (Phi) is 5.37. The summed E-state index contributed by atoms with van der Waals surface area (Å²) in [4.78, 5) is 11.5. The molecule has 23 heavy (non-hydrogen) atoms. The Bertz CT molecular complexity index is 701. The van der Waals surface area contributed by atoms with Crippen LogP contribution in [0.25, 0.3) is 5.69 Å². The van der Waals surface area contributed by atoms with Crippen molar-refractivity contribution >= 4 is 17.7 Å². The molecule has 10 heteroatoms. The molecule has 2 rings (SSSR count). The molecule has 0 aliphatic heterocycles. The Morgan fingerprint density at radius 2 is 2.22 bits per heavy atom. The van der Waals surface area contributed by atoms with Crippen molar-refractivity contribution in [2.24, 2.45) is 0 Å². The number of benzene rings is 1. The predicted molar refractivity (Wildman–Crippen MR) is 78.1 cm³/mol. The fourth-order valence-electron chi connectivity index (χ4n) is 1.61. The summed E-state index contributed by atoms with van der Waals surface area (Å²) in [6.07, 6.45) is -2.92. The molecule has 0 spiro atoms. The van der Waals surface area contributed by atoms with E-state index in [2.05, 4.69) is 27.4 Å². The van der Waals surface area contributed by atoms with Crippen molar-refractivity contribution in [3.63, 3.8) is 0 Å². The van der Waals surface area contributed by atoms with E-state index in [-0.39, 0.29) is 22.5 Å². The van der Waals surface area contributed by atoms with Crippen molar-refractivity contribution in [3.8, 4) is 5.69 Å². The molecule has 0 saturated heterocycles. The van der Waals surface area contributed by atoms with Crippen molar-refractivity contribution < 1.29 is 18.0 Å². The quantitative estimate of drug-likeness (QED) is 0.642. The number of hydrogen-bond donors (Lipinski definition) is 1. The van der Waals surface area contributed by atoms with Gasteiger partial charge in [-0.2, -0.15) is 17.9 Å². The van der Waals surface area contributed by atoms with Gasteiger partial charge in [0.25, 0.3) is 0 Å². The number of carbonyl (C=O) groups is 1. The van der Waals surface area contributed by atoms with Crippen LogP contribution in [0, 0.1) is 0 Å². The summed E-state index contributed by atoms with van der Waals surface area (Å²) in [5, 5.41) is 13.6. The number of nitrogens with zero attached hydrogens (tertiary/aromatic N) is 4. The molecule has 1 aromatic carbocycles. The molecule has 1 heterocycles. The zero-order valence-electron chi connectivity index (χ0n) is 11.7. The zero-order chi connectivity index (χ0) is 16.9. The molecule has 1 aromatic heterocycles. The van der Waals surface area contributed by atoms with E-state index in [1.165, 1.54) is 18.2 Å². The number of aromatic nitrogens is 4. The maximum atomic E-state index is 12.8. The van der Waals surface area contributed by atoms with E-state index >= 15 is 0 Å². The number of nitrogens with one attached hydrogen (secondary N) is 1. The lowest BCUT2D eigenvalue weighted by Crippen LogP contribution is -2.25. The first-order valence-electron chi connectivity index (χ1n) is 6.38. The van der Waals surface area contributed by atoms with Gasteiger partial charge in [0.15, 0.2) is 0 Å². The average molecular weight is 343 g/mol. The van der Waals surface area contributed by atoms with Crippen molar-refractivity contribution in [1.29, 1.82) is 0 Å². The van der Waals surface area contributed by atoms with Crippen molar-refractivity contribution in [2.45, 2.75) is 11.3 Å². The molecule has 0 atom stereocenters. The zero-order valence-corrected chi connectivity index (χ0v) is 12.6. The minimum atomic E-state index is -4.46. The van der Waals surface area contributed by atoms with Gasteiger partial charge < -0.3 is 5.32 Å².